The van der Waals surface area contributed by atoms with E-state index in [0.29, 0.717) is 30.9 Å². The van der Waals surface area contributed by atoms with Crippen LogP contribution < -0.4 is 10.2 Å². The maximum absolute atomic E-state index is 13.4. The minimum absolute atomic E-state index is 0.144. The van der Waals surface area contributed by atoms with Gasteiger partial charge in [-0.2, -0.15) is 0 Å². The zero-order chi connectivity index (χ0) is 25.5. The average molecular weight is 487 g/mol. The van der Waals surface area contributed by atoms with Gasteiger partial charge in [0.2, 0.25) is 0 Å². The molecule has 0 saturated carbocycles. The van der Waals surface area contributed by atoms with Crippen molar-refractivity contribution in [1.29, 1.82) is 0 Å². The van der Waals surface area contributed by atoms with Crippen LogP contribution in [0.2, 0.25) is 0 Å². The summed E-state index contributed by atoms with van der Waals surface area (Å²) in [6.07, 6.45) is 2.89. The van der Waals surface area contributed by atoms with E-state index >= 15 is 0 Å². The van der Waals surface area contributed by atoms with E-state index in [2.05, 4.69) is 34.5 Å². The number of hydrogen-bond acceptors (Lipinski definition) is 5. The van der Waals surface area contributed by atoms with Gasteiger partial charge in [0.25, 0.3) is 5.91 Å². The molecule has 0 aliphatic carbocycles. The summed E-state index contributed by atoms with van der Waals surface area (Å²) < 4.78 is 11.7. The number of nitrogens with one attached hydrogen (secondary N) is 1. The Morgan fingerprint density at radius 3 is 2.31 bits per heavy atom. The lowest BCUT2D eigenvalue weighted by Crippen LogP contribution is -2.54. The van der Waals surface area contributed by atoms with Crippen LogP contribution in [0.25, 0.3) is 17.2 Å². The molecule has 3 aromatic carbocycles. The fourth-order valence-corrected chi connectivity index (χ4v) is 4.12. The first kappa shape index (κ1) is 25.2. The normalized spacial score (nSPS) is 17.6. The molecule has 3 aromatic rings. The Bertz CT molecular complexity index is 1230. The molecule has 1 heterocycles. The van der Waals surface area contributed by atoms with Crippen LogP contribution in [0.4, 0.5) is 11.4 Å². The lowest BCUT2D eigenvalue weighted by atomic mass is 9.92. The van der Waals surface area contributed by atoms with E-state index < -0.39 is 11.6 Å². The molecule has 0 radical (unpaired) electrons. The third kappa shape index (κ3) is 6.19. The second-order valence-electron chi connectivity index (χ2n) is 8.96. The number of rotatable bonds is 8. The summed E-state index contributed by atoms with van der Waals surface area (Å²) in [5.74, 6) is -1.34. The molecule has 4 rings (SSSR count). The first-order chi connectivity index (χ1) is 17.3. The number of hydrogen-bond donors (Lipinski definition) is 2. The van der Waals surface area contributed by atoms with E-state index in [1.807, 2.05) is 38.4 Å². The largest absolute Gasteiger partial charge is 0.478 e. The number of ether oxygens (including phenoxy) is 2. The molecule has 1 saturated heterocycles. The predicted octanol–water partition coefficient (Wildman–Crippen LogP) is 4.48. The van der Waals surface area contributed by atoms with Crippen molar-refractivity contribution in [2.45, 2.75) is 12.0 Å². The number of carboxylic acid groups (broad SMARTS) is 1. The lowest BCUT2D eigenvalue weighted by molar-refractivity contribution is -0.173. The van der Waals surface area contributed by atoms with Crippen LogP contribution in [0, 0.1) is 0 Å². The maximum Gasteiger partial charge on any atom is 0.328 e. The first-order valence-corrected chi connectivity index (χ1v) is 11.8. The van der Waals surface area contributed by atoms with Crippen molar-refractivity contribution >= 4 is 29.3 Å². The molecule has 0 aromatic heterocycles. The quantitative estimate of drug-likeness (QED) is 0.457. The van der Waals surface area contributed by atoms with Crippen LogP contribution in [-0.4, -0.2) is 56.5 Å². The molecule has 1 atom stereocenters. The van der Waals surface area contributed by atoms with Gasteiger partial charge >= 0.3 is 5.97 Å². The highest BCUT2D eigenvalue weighted by Gasteiger charge is 2.42. The van der Waals surface area contributed by atoms with E-state index in [1.165, 1.54) is 6.08 Å². The van der Waals surface area contributed by atoms with Gasteiger partial charge in [-0.25, -0.2) is 4.79 Å². The van der Waals surface area contributed by atoms with Crippen molar-refractivity contribution in [2.75, 3.05) is 44.1 Å². The van der Waals surface area contributed by atoms with Crippen molar-refractivity contribution in [3.8, 4) is 11.1 Å². The molecule has 0 spiro atoms. The van der Waals surface area contributed by atoms with Crippen LogP contribution in [0.5, 0.6) is 0 Å². The Hall–Kier alpha value is -3.94. The summed E-state index contributed by atoms with van der Waals surface area (Å²) >= 11 is 0. The molecule has 0 bridgehead atoms. The van der Waals surface area contributed by atoms with Crippen molar-refractivity contribution < 1.29 is 24.2 Å². The van der Waals surface area contributed by atoms with Crippen molar-refractivity contribution in [3.05, 3.63) is 90.0 Å². The molecule has 186 valence electrons. The minimum Gasteiger partial charge on any atom is -0.478 e. The molecule has 7 heteroatoms. The first-order valence-electron chi connectivity index (χ1n) is 11.8. The number of amides is 1. The average Bonchev–Trinajstić information content (AvgIpc) is 2.89. The van der Waals surface area contributed by atoms with Crippen LogP contribution in [0.1, 0.15) is 11.1 Å². The Morgan fingerprint density at radius 1 is 1.00 bits per heavy atom. The smallest absolute Gasteiger partial charge is 0.328 e. The zero-order valence-electron chi connectivity index (χ0n) is 20.4. The highest BCUT2D eigenvalue weighted by molar-refractivity contribution is 5.98. The fraction of sp³-hybridized carbons (Fsp3) is 0.241. The Balaban J connectivity index is 1.50. The van der Waals surface area contributed by atoms with Gasteiger partial charge in [0.1, 0.15) is 0 Å². The Morgan fingerprint density at radius 2 is 1.69 bits per heavy atom. The third-order valence-corrected chi connectivity index (χ3v) is 6.08. The van der Waals surface area contributed by atoms with Gasteiger partial charge in [-0.05, 0) is 52.6 Å². The van der Waals surface area contributed by atoms with E-state index in [0.717, 1.165) is 28.5 Å². The molecule has 2 N–H and O–H groups in total. The second kappa shape index (κ2) is 11.2. The Labute approximate surface area is 211 Å². The zero-order valence-corrected chi connectivity index (χ0v) is 20.4. The van der Waals surface area contributed by atoms with E-state index in [9.17, 15) is 9.59 Å². The molecule has 1 aliphatic rings. The van der Waals surface area contributed by atoms with Gasteiger partial charge in [0.15, 0.2) is 5.60 Å². The van der Waals surface area contributed by atoms with Crippen LogP contribution in [0.15, 0.2) is 78.9 Å². The topological polar surface area (TPSA) is 88.1 Å². The van der Waals surface area contributed by atoms with Crippen molar-refractivity contribution in [1.82, 2.24) is 0 Å². The summed E-state index contributed by atoms with van der Waals surface area (Å²) in [4.78, 5) is 26.3. The molecule has 1 aliphatic heterocycles. The van der Waals surface area contributed by atoms with Gasteiger partial charge in [0, 0.05) is 38.0 Å². The number of carbonyl (C=O) groups excluding carboxylic acids is 1. The summed E-state index contributed by atoms with van der Waals surface area (Å²) in [6.45, 7) is 0.905. The molecule has 36 heavy (non-hydrogen) atoms. The number of carbonyl (C=O) groups is 2. The number of nitrogens with zero attached hydrogens (tertiary/aromatic N) is 1. The van der Waals surface area contributed by atoms with Crippen molar-refractivity contribution in [2.24, 2.45) is 0 Å². The maximum atomic E-state index is 13.4. The van der Waals surface area contributed by atoms with Crippen LogP contribution in [0.3, 0.4) is 0 Å². The Kier molecular flexibility index (Phi) is 7.83. The SMILES string of the molecule is CN(C)c1ccc(-c2ccc(CC3(C(=O)Nc4cccc(/C=C/C(=O)O)c4)COCCO3)cc2)cc1. The van der Waals surface area contributed by atoms with Crippen LogP contribution >= 0.6 is 0 Å². The van der Waals surface area contributed by atoms with Gasteiger partial charge in [0.05, 0.1) is 19.8 Å². The minimum atomic E-state index is -1.17. The number of carboxylic acids is 1. The van der Waals surface area contributed by atoms with Crippen LogP contribution in [-0.2, 0) is 25.5 Å². The van der Waals surface area contributed by atoms with Gasteiger partial charge in [-0.15, -0.1) is 0 Å². The molecule has 1 amide bonds. The van der Waals surface area contributed by atoms with Gasteiger partial charge < -0.3 is 24.8 Å². The molecule has 1 unspecified atom stereocenters. The van der Waals surface area contributed by atoms with Gasteiger partial charge in [-0.3, -0.25) is 4.79 Å². The van der Waals surface area contributed by atoms with E-state index in [1.54, 1.807) is 24.3 Å². The van der Waals surface area contributed by atoms with E-state index in [4.69, 9.17) is 14.6 Å². The second-order valence-corrected chi connectivity index (χ2v) is 8.96. The molecular weight excluding hydrogens is 456 g/mol. The summed E-state index contributed by atoms with van der Waals surface area (Å²) in [5.41, 5.74) is 4.36. The molecular formula is C29H30N2O5. The lowest BCUT2D eigenvalue weighted by Gasteiger charge is -2.35. The standard InChI is InChI=1S/C29H30N2O5/c1-31(2)26-13-11-24(12-14-26)23-9-6-22(7-10-23)19-29(20-35-16-17-36-29)28(34)30-25-5-3-4-21(18-25)8-15-27(32)33/h3-15,18H,16-17,19-20H2,1-2H3,(H,30,34)(H,32,33)/b15-8+. The van der Waals surface area contributed by atoms with Gasteiger partial charge in [-0.1, -0.05) is 48.5 Å². The molecule has 7 nitrogen and oxygen atoms in total. The third-order valence-electron chi connectivity index (χ3n) is 6.08. The summed E-state index contributed by atoms with van der Waals surface area (Å²) in [6, 6.07) is 23.5. The highest BCUT2D eigenvalue weighted by Crippen LogP contribution is 2.27. The fourth-order valence-electron chi connectivity index (χ4n) is 4.12. The number of anilines is 2. The predicted molar refractivity (Wildman–Crippen MR) is 141 cm³/mol. The number of aliphatic carboxylic acids is 1. The molecule has 1 fully saturated rings. The summed E-state index contributed by atoms with van der Waals surface area (Å²) in [5, 5.41) is 11.8. The van der Waals surface area contributed by atoms with E-state index in [-0.39, 0.29) is 12.5 Å². The number of benzene rings is 3. The van der Waals surface area contributed by atoms with Crippen molar-refractivity contribution in [3.63, 3.8) is 0 Å². The monoisotopic (exact) mass is 486 g/mol. The summed E-state index contributed by atoms with van der Waals surface area (Å²) in [7, 11) is 4.03. The highest BCUT2D eigenvalue weighted by atomic mass is 16.6.